The number of aromatic nitrogens is 3. The molecule has 68 valence electrons. The summed E-state index contributed by atoms with van der Waals surface area (Å²) in [4.78, 5) is 0. The number of hydrogen-bond donors (Lipinski definition) is 2. The maximum atomic E-state index is 5.84. The number of nitrogens with two attached hydrogens (primary N) is 1. The van der Waals surface area contributed by atoms with Crippen molar-refractivity contribution in [2.24, 2.45) is 7.05 Å². The van der Waals surface area contributed by atoms with Crippen LogP contribution < -0.4 is 5.73 Å². The quantitative estimate of drug-likeness (QED) is 0.688. The van der Waals surface area contributed by atoms with E-state index in [0.29, 0.717) is 0 Å². The molecule has 0 aliphatic rings. The molecule has 0 aromatic carbocycles. The number of aryl methyl sites for hydroxylation is 2. The lowest BCUT2D eigenvalue weighted by molar-refractivity contribution is 0.928. The average Bonchev–Trinajstić information content (AvgIpc) is 2.62. The van der Waals surface area contributed by atoms with E-state index in [0.717, 1.165) is 22.6 Å². The molecule has 0 amide bonds. The van der Waals surface area contributed by atoms with E-state index in [-0.39, 0.29) is 0 Å². The van der Waals surface area contributed by atoms with Gasteiger partial charge < -0.3 is 10.3 Å². The van der Waals surface area contributed by atoms with Crippen LogP contribution in [0.5, 0.6) is 0 Å². The van der Waals surface area contributed by atoms with E-state index in [1.807, 2.05) is 37.0 Å². The summed E-state index contributed by atoms with van der Waals surface area (Å²) in [7, 11) is 1.97. The highest BCUT2D eigenvalue weighted by atomic mass is 15.1. The molecule has 0 aliphatic heterocycles. The van der Waals surface area contributed by atoms with E-state index in [2.05, 4.69) is 10.2 Å². The van der Waals surface area contributed by atoms with Gasteiger partial charge in [-0.3, -0.25) is 5.10 Å². The van der Waals surface area contributed by atoms with Gasteiger partial charge in [-0.2, -0.15) is 5.10 Å². The van der Waals surface area contributed by atoms with Crippen LogP contribution in [-0.4, -0.2) is 14.8 Å². The summed E-state index contributed by atoms with van der Waals surface area (Å²) in [6.45, 7) is 1.91. The smallest absolute Gasteiger partial charge is 0.117 e. The molecule has 3 N–H and O–H groups in total. The molecule has 13 heavy (non-hydrogen) atoms. The molecule has 0 spiro atoms. The van der Waals surface area contributed by atoms with Crippen molar-refractivity contribution in [1.29, 1.82) is 0 Å². The highest BCUT2D eigenvalue weighted by Gasteiger charge is 2.08. The Labute approximate surface area is 76.4 Å². The van der Waals surface area contributed by atoms with Crippen molar-refractivity contribution in [2.45, 2.75) is 6.92 Å². The third-order valence-electron chi connectivity index (χ3n) is 2.10. The number of nitrogen functional groups attached to an aromatic ring is 1. The van der Waals surface area contributed by atoms with Crippen LogP contribution in [0.1, 0.15) is 5.69 Å². The van der Waals surface area contributed by atoms with E-state index >= 15 is 0 Å². The molecular weight excluding hydrogens is 164 g/mol. The molecule has 4 nitrogen and oxygen atoms in total. The van der Waals surface area contributed by atoms with E-state index in [9.17, 15) is 0 Å². The Morgan fingerprint density at radius 3 is 2.77 bits per heavy atom. The van der Waals surface area contributed by atoms with Crippen molar-refractivity contribution in [3.63, 3.8) is 0 Å². The Morgan fingerprint density at radius 2 is 2.31 bits per heavy atom. The van der Waals surface area contributed by atoms with Gasteiger partial charge in [0.2, 0.25) is 0 Å². The summed E-state index contributed by atoms with van der Waals surface area (Å²) in [5, 5.41) is 7.00. The predicted octanol–water partition coefficient (Wildman–Crippen LogP) is 1.31. The zero-order chi connectivity index (χ0) is 9.42. The first-order valence-corrected chi connectivity index (χ1v) is 4.11. The molecule has 2 heterocycles. The molecule has 0 atom stereocenters. The van der Waals surface area contributed by atoms with Gasteiger partial charge in [0.05, 0.1) is 11.4 Å². The lowest BCUT2D eigenvalue weighted by Crippen LogP contribution is -1.87. The number of nitrogens with one attached hydrogen (secondary N) is 1. The second kappa shape index (κ2) is 2.65. The summed E-state index contributed by atoms with van der Waals surface area (Å²) >= 11 is 0. The first-order valence-electron chi connectivity index (χ1n) is 4.11. The fraction of sp³-hybridized carbons (Fsp3) is 0.222. The number of rotatable bonds is 1. The van der Waals surface area contributed by atoms with E-state index in [4.69, 9.17) is 5.73 Å². The second-order valence-corrected chi connectivity index (χ2v) is 3.18. The lowest BCUT2D eigenvalue weighted by Gasteiger charge is -1.93. The first-order chi connectivity index (χ1) is 6.18. The summed E-state index contributed by atoms with van der Waals surface area (Å²) in [6.07, 6.45) is 3.96. The molecule has 0 aliphatic carbocycles. The van der Waals surface area contributed by atoms with Crippen LogP contribution in [0.15, 0.2) is 18.5 Å². The summed E-state index contributed by atoms with van der Waals surface area (Å²) in [5.41, 5.74) is 9.36. The van der Waals surface area contributed by atoms with Crippen LogP contribution >= 0.6 is 0 Å². The molecule has 0 radical (unpaired) electrons. The SMILES string of the molecule is Cc1[nH]nc(-c2ccn(C)c2)c1N. The van der Waals surface area contributed by atoms with E-state index < -0.39 is 0 Å². The number of H-pyrrole nitrogens is 1. The summed E-state index contributed by atoms with van der Waals surface area (Å²) in [6, 6.07) is 1.99. The number of anilines is 1. The second-order valence-electron chi connectivity index (χ2n) is 3.18. The van der Waals surface area contributed by atoms with Gasteiger partial charge in [-0.05, 0) is 13.0 Å². The van der Waals surface area contributed by atoms with Crippen LogP contribution in [0.4, 0.5) is 5.69 Å². The van der Waals surface area contributed by atoms with Crippen LogP contribution in [0, 0.1) is 6.92 Å². The lowest BCUT2D eigenvalue weighted by atomic mass is 10.2. The molecule has 2 rings (SSSR count). The minimum absolute atomic E-state index is 0.728. The summed E-state index contributed by atoms with van der Waals surface area (Å²) in [5.74, 6) is 0. The summed E-state index contributed by atoms with van der Waals surface area (Å²) < 4.78 is 1.97. The first kappa shape index (κ1) is 7.91. The Kier molecular flexibility index (Phi) is 1.62. The van der Waals surface area contributed by atoms with Crippen molar-refractivity contribution in [1.82, 2.24) is 14.8 Å². The number of nitrogens with zero attached hydrogens (tertiary/aromatic N) is 2. The molecule has 0 saturated carbocycles. The van der Waals surface area contributed by atoms with Crippen molar-refractivity contribution in [3.8, 4) is 11.3 Å². The Morgan fingerprint density at radius 1 is 1.54 bits per heavy atom. The maximum absolute atomic E-state index is 5.84. The Hall–Kier alpha value is -1.71. The van der Waals surface area contributed by atoms with Gasteiger partial charge in [0.1, 0.15) is 5.69 Å². The topological polar surface area (TPSA) is 59.6 Å². The van der Waals surface area contributed by atoms with Crippen LogP contribution in [0.3, 0.4) is 0 Å². The zero-order valence-electron chi connectivity index (χ0n) is 7.70. The number of aromatic amines is 1. The van der Waals surface area contributed by atoms with Gasteiger partial charge in [0.15, 0.2) is 0 Å². The Balaban J connectivity index is 2.52. The van der Waals surface area contributed by atoms with Crippen molar-refractivity contribution < 1.29 is 0 Å². The van der Waals surface area contributed by atoms with Gasteiger partial charge >= 0.3 is 0 Å². The fourth-order valence-corrected chi connectivity index (χ4v) is 1.30. The zero-order valence-corrected chi connectivity index (χ0v) is 7.70. The molecule has 2 aromatic rings. The minimum Gasteiger partial charge on any atom is -0.395 e. The molecule has 0 unspecified atom stereocenters. The van der Waals surface area contributed by atoms with Gasteiger partial charge in [-0.15, -0.1) is 0 Å². The van der Waals surface area contributed by atoms with Gasteiger partial charge in [0.25, 0.3) is 0 Å². The molecule has 0 bridgehead atoms. The van der Waals surface area contributed by atoms with E-state index in [1.54, 1.807) is 0 Å². The molecule has 4 heteroatoms. The number of hydrogen-bond acceptors (Lipinski definition) is 2. The van der Waals surface area contributed by atoms with Gasteiger partial charge in [-0.25, -0.2) is 0 Å². The molecule has 2 aromatic heterocycles. The Bertz CT molecular complexity index is 425. The van der Waals surface area contributed by atoms with Crippen molar-refractivity contribution in [2.75, 3.05) is 5.73 Å². The normalized spacial score (nSPS) is 10.6. The molecule has 0 saturated heterocycles. The van der Waals surface area contributed by atoms with Crippen LogP contribution in [-0.2, 0) is 7.05 Å². The minimum atomic E-state index is 0.728. The maximum Gasteiger partial charge on any atom is 0.117 e. The largest absolute Gasteiger partial charge is 0.395 e. The average molecular weight is 176 g/mol. The monoisotopic (exact) mass is 176 g/mol. The third kappa shape index (κ3) is 1.20. The van der Waals surface area contributed by atoms with Crippen LogP contribution in [0.25, 0.3) is 11.3 Å². The molecular formula is C9H12N4. The van der Waals surface area contributed by atoms with Crippen LogP contribution in [0.2, 0.25) is 0 Å². The third-order valence-corrected chi connectivity index (χ3v) is 2.10. The van der Waals surface area contributed by atoms with Gasteiger partial charge in [-0.1, -0.05) is 0 Å². The highest BCUT2D eigenvalue weighted by Crippen LogP contribution is 2.25. The highest BCUT2D eigenvalue weighted by molar-refractivity contribution is 5.73. The van der Waals surface area contributed by atoms with Gasteiger partial charge in [0, 0.05) is 25.0 Å². The fourth-order valence-electron chi connectivity index (χ4n) is 1.30. The van der Waals surface area contributed by atoms with Crippen molar-refractivity contribution >= 4 is 5.69 Å². The standard InChI is InChI=1S/C9H12N4/c1-6-8(10)9(12-11-6)7-3-4-13(2)5-7/h3-5H,10H2,1-2H3,(H,11,12). The predicted molar refractivity (Wildman–Crippen MR) is 52.1 cm³/mol. The van der Waals surface area contributed by atoms with E-state index in [1.165, 1.54) is 0 Å². The van der Waals surface area contributed by atoms with Crippen molar-refractivity contribution in [3.05, 3.63) is 24.2 Å². The molecule has 0 fully saturated rings.